The summed E-state index contributed by atoms with van der Waals surface area (Å²) in [4.78, 5) is 12.9. The number of rotatable bonds is 4. The van der Waals surface area contributed by atoms with Gasteiger partial charge in [0, 0.05) is 28.7 Å². The molecule has 0 saturated carbocycles. The molecule has 2 heterocycles. The molecule has 2 nitrogen and oxygen atoms in total. The second kappa shape index (κ2) is 4.45. The second-order valence-electron chi connectivity index (χ2n) is 3.45. The smallest absolute Gasteiger partial charge is 0.164 e. The number of furan rings is 1. The molecular weight excluding hydrogens is 208 g/mol. The number of hydrogen-bond acceptors (Lipinski definition) is 3. The molecule has 0 aliphatic rings. The van der Waals surface area contributed by atoms with Gasteiger partial charge in [-0.05, 0) is 25.1 Å². The molecule has 0 N–H and O–H groups in total. The molecule has 0 radical (unpaired) electrons. The van der Waals surface area contributed by atoms with Gasteiger partial charge in [0.05, 0.1) is 6.26 Å². The molecule has 0 aromatic carbocycles. The van der Waals surface area contributed by atoms with Crippen LogP contribution < -0.4 is 0 Å². The SMILES string of the molecule is Cc1cc(C(=O)CCc2ccco2)cs1. The highest BCUT2D eigenvalue weighted by Crippen LogP contribution is 2.16. The summed E-state index contributed by atoms with van der Waals surface area (Å²) < 4.78 is 5.18. The molecule has 0 bridgehead atoms. The molecule has 2 aromatic heterocycles. The lowest BCUT2D eigenvalue weighted by molar-refractivity contribution is 0.0981. The largest absolute Gasteiger partial charge is 0.469 e. The van der Waals surface area contributed by atoms with E-state index >= 15 is 0 Å². The molecule has 0 saturated heterocycles. The Morgan fingerprint density at radius 3 is 3.00 bits per heavy atom. The Morgan fingerprint density at radius 1 is 1.53 bits per heavy atom. The first kappa shape index (κ1) is 10.2. The molecule has 3 heteroatoms. The minimum absolute atomic E-state index is 0.191. The number of aryl methyl sites for hydroxylation is 2. The molecular formula is C12H12O2S. The van der Waals surface area contributed by atoms with Crippen molar-refractivity contribution >= 4 is 17.1 Å². The zero-order valence-electron chi connectivity index (χ0n) is 8.53. The van der Waals surface area contributed by atoms with Crippen molar-refractivity contribution in [1.82, 2.24) is 0 Å². The van der Waals surface area contributed by atoms with Crippen molar-refractivity contribution in [2.75, 3.05) is 0 Å². The summed E-state index contributed by atoms with van der Waals surface area (Å²) in [7, 11) is 0. The third-order valence-corrected chi connectivity index (χ3v) is 3.09. The van der Waals surface area contributed by atoms with Crippen molar-refractivity contribution in [3.63, 3.8) is 0 Å². The van der Waals surface area contributed by atoms with Crippen LogP contribution in [0.3, 0.4) is 0 Å². The highest BCUT2D eigenvalue weighted by atomic mass is 32.1. The van der Waals surface area contributed by atoms with Gasteiger partial charge in [0.25, 0.3) is 0 Å². The number of ketones is 1. The van der Waals surface area contributed by atoms with Gasteiger partial charge in [0.15, 0.2) is 5.78 Å². The van der Waals surface area contributed by atoms with Crippen molar-refractivity contribution < 1.29 is 9.21 Å². The Labute approximate surface area is 92.5 Å². The molecule has 2 rings (SSSR count). The van der Waals surface area contributed by atoms with Crippen LogP contribution in [0.15, 0.2) is 34.3 Å². The first-order valence-electron chi connectivity index (χ1n) is 4.86. The maximum absolute atomic E-state index is 11.7. The van der Waals surface area contributed by atoms with Gasteiger partial charge in [-0.25, -0.2) is 0 Å². The average Bonchev–Trinajstić information content (AvgIpc) is 2.84. The van der Waals surface area contributed by atoms with Gasteiger partial charge in [0.2, 0.25) is 0 Å². The lowest BCUT2D eigenvalue weighted by Gasteiger charge is -1.95. The first-order chi connectivity index (χ1) is 7.25. The van der Waals surface area contributed by atoms with E-state index in [2.05, 4.69) is 0 Å². The van der Waals surface area contributed by atoms with Gasteiger partial charge in [-0.1, -0.05) is 0 Å². The van der Waals surface area contributed by atoms with Gasteiger partial charge in [-0.15, -0.1) is 11.3 Å². The zero-order valence-corrected chi connectivity index (χ0v) is 9.34. The maximum Gasteiger partial charge on any atom is 0.164 e. The van der Waals surface area contributed by atoms with Crippen LogP contribution in [0.4, 0.5) is 0 Å². The third-order valence-electron chi connectivity index (χ3n) is 2.23. The molecule has 78 valence electrons. The predicted octanol–water partition coefficient (Wildman–Crippen LogP) is 3.47. The van der Waals surface area contributed by atoms with Crippen LogP contribution in [-0.2, 0) is 6.42 Å². The Bertz CT molecular complexity index is 440. The fourth-order valence-electron chi connectivity index (χ4n) is 1.43. The fraction of sp³-hybridized carbons (Fsp3) is 0.250. The molecule has 0 amide bonds. The summed E-state index contributed by atoms with van der Waals surface area (Å²) in [6.07, 6.45) is 2.83. The number of Topliss-reactive ketones (excluding diaryl/α,β-unsaturated/α-hetero) is 1. The molecule has 0 fully saturated rings. The van der Waals surface area contributed by atoms with E-state index < -0.39 is 0 Å². The quantitative estimate of drug-likeness (QED) is 0.738. The van der Waals surface area contributed by atoms with Crippen molar-refractivity contribution in [3.05, 3.63) is 46.0 Å². The van der Waals surface area contributed by atoms with Crippen molar-refractivity contribution in [2.24, 2.45) is 0 Å². The number of carbonyl (C=O) groups is 1. The van der Waals surface area contributed by atoms with E-state index in [4.69, 9.17) is 4.42 Å². The monoisotopic (exact) mass is 220 g/mol. The van der Waals surface area contributed by atoms with Gasteiger partial charge in [-0.2, -0.15) is 0 Å². The first-order valence-corrected chi connectivity index (χ1v) is 5.74. The molecule has 0 aliphatic heterocycles. The van der Waals surface area contributed by atoms with Crippen LogP contribution >= 0.6 is 11.3 Å². The highest BCUT2D eigenvalue weighted by Gasteiger charge is 2.08. The molecule has 0 spiro atoms. The minimum Gasteiger partial charge on any atom is -0.469 e. The molecule has 0 unspecified atom stereocenters. The van der Waals surface area contributed by atoms with Crippen molar-refractivity contribution in [3.8, 4) is 0 Å². The second-order valence-corrected chi connectivity index (χ2v) is 4.56. The van der Waals surface area contributed by atoms with E-state index in [1.165, 1.54) is 4.88 Å². The number of carbonyl (C=O) groups excluding carboxylic acids is 1. The van der Waals surface area contributed by atoms with Gasteiger partial charge in [0.1, 0.15) is 5.76 Å². The Hall–Kier alpha value is -1.35. The van der Waals surface area contributed by atoms with Gasteiger partial charge < -0.3 is 4.42 Å². The lowest BCUT2D eigenvalue weighted by Crippen LogP contribution is -1.98. The summed E-state index contributed by atoms with van der Waals surface area (Å²) in [5.41, 5.74) is 0.823. The minimum atomic E-state index is 0.191. The summed E-state index contributed by atoms with van der Waals surface area (Å²) in [6.45, 7) is 2.01. The topological polar surface area (TPSA) is 30.2 Å². The summed E-state index contributed by atoms with van der Waals surface area (Å²) >= 11 is 1.61. The Balaban J connectivity index is 1.93. The lowest BCUT2D eigenvalue weighted by atomic mass is 10.1. The number of hydrogen-bond donors (Lipinski definition) is 0. The maximum atomic E-state index is 11.7. The van der Waals surface area contributed by atoms with Crippen LogP contribution in [0.5, 0.6) is 0 Å². The average molecular weight is 220 g/mol. The van der Waals surface area contributed by atoms with E-state index in [0.717, 1.165) is 11.3 Å². The van der Waals surface area contributed by atoms with E-state index in [1.807, 2.05) is 30.5 Å². The molecule has 15 heavy (non-hydrogen) atoms. The van der Waals surface area contributed by atoms with E-state index in [0.29, 0.717) is 12.8 Å². The van der Waals surface area contributed by atoms with Gasteiger partial charge >= 0.3 is 0 Å². The third kappa shape index (κ3) is 2.57. The van der Waals surface area contributed by atoms with Crippen LogP contribution in [0, 0.1) is 6.92 Å². The fourth-order valence-corrected chi connectivity index (χ4v) is 2.13. The highest BCUT2D eigenvalue weighted by molar-refractivity contribution is 7.10. The molecule has 2 aromatic rings. The van der Waals surface area contributed by atoms with Crippen LogP contribution in [0.1, 0.15) is 27.4 Å². The normalized spacial score (nSPS) is 10.5. The summed E-state index contributed by atoms with van der Waals surface area (Å²) in [5.74, 6) is 1.06. The summed E-state index contributed by atoms with van der Waals surface area (Å²) in [5, 5.41) is 1.92. The van der Waals surface area contributed by atoms with E-state index in [1.54, 1.807) is 17.6 Å². The molecule has 0 atom stereocenters. The van der Waals surface area contributed by atoms with Crippen LogP contribution in [0.2, 0.25) is 0 Å². The molecule has 0 aliphatic carbocycles. The van der Waals surface area contributed by atoms with Crippen molar-refractivity contribution in [1.29, 1.82) is 0 Å². The van der Waals surface area contributed by atoms with Crippen LogP contribution in [-0.4, -0.2) is 5.78 Å². The summed E-state index contributed by atoms with van der Waals surface area (Å²) in [6, 6.07) is 5.68. The zero-order chi connectivity index (χ0) is 10.7. The van der Waals surface area contributed by atoms with Crippen LogP contribution in [0.25, 0.3) is 0 Å². The standard InChI is InChI=1S/C12H12O2S/c1-9-7-10(8-15-9)12(13)5-4-11-3-2-6-14-11/h2-3,6-8H,4-5H2,1H3. The van der Waals surface area contributed by atoms with Gasteiger partial charge in [-0.3, -0.25) is 4.79 Å². The Kier molecular flexibility index (Phi) is 3.02. The van der Waals surface area contributed by atoms with E-state index in [-0.39, 0.29) is 5.78 Å². The Morgan fingerprint density at radius 2 is 2.40 bits per heavy atom. The van der Waals surface area contributed by atoms with E-state index in [9.17, 15) is 4.79 Å². The number of thiophene rings is 1. The van der Waals surface area contributed by atoms with Crippen molar-refractivity contribution in [2.45, 2.75) is 19.8 Å². The predicted molar refractivity (Wildman–Crippen MR) is 60.4 cm³/mol.